The third kappa shape index (κ3) is 4.42. The Labute approximate surface area is 176 Å². The zero-order valence-corrected chi connectivity index (χ0v) is 16.6. The minimum absolute atomic E-state index is 0.0499. The average Bonchev–Trinajstić information content (AvgIpc) is 3.26. The minimum atomic E-state index is -4.79. The first-order valence-electron chi connectivity index (χ1n) is 10.0. The Hall–Kier alpha value is -3.30. The molecule has 4 rings (SSSR count). The van der Waals surface area contributed by atoms with Crippen molar-refractivity contribution >= 4 is 5.91 Å². The van der Waals surface area contributed by atoms with Gasteiger partial charge < -0.3 is 5.32 Å². The van der Waals surface area contributed by atoms with E-state index >= 15 is 0 Å². The lowest BCUT2D eigenvalue weighted by atomic mass is 9.70. The van der Waals surface area contributed by atoms with Gasteiger partial charge in [0.2, 0.25) is 5.95 Å². The molecule has 3 aromatic heterocycles. The number of amides is 1. The molecule has 10 heteroatoms. The molecule has 0 bridgehead atoms. The Bertz CT molecular complexity index is 1030. The number of halogens is 3. The van der Waals surface area contributed by atoms with Gasteiger partial charge in [0, 0.05) is 42.9 Å². The highest BCUT2D eigenvalue weighted by Gasteiger charge is 2.40. The van der Waals surface area contributed by atoms with E-state index < -0.39 is 23.3 Å². The molecule has 31 heavy (non-hydrogen) atoms. The Kier molecular flexibility index (Phi) is 5.71. The van der Waals surface area contributed by atoms with Gasteiger partial charge in [-0.05, 0) is 30.5 Å². The van der Waals surface area contributed by atoms with Crippen LogP contribution in [0.4, 0.5) is 13.2 Å². The predicted molar refractivity (Wildman–Crippen MR) is 105 cm³/mol. The van der Waals surface area contributed by atoms with E-state index in [1.54, 1.807) is 12.4 Å². The zero-order valence-electron chi connectivity index (χ0n) is 16.6. The molecule has 1 saturated carbocycles. The first-order valence-corrected chi connectivity index (χ1v) is 10.0. The largest absolute Gasteiger partial charge is 0.435 e. The summed E-state index contributed by atoms with van der Waals surface area (Å²) < 4.78 is 41.6. The topological polar surface area (TPSA) is 85.6 Å². The number of rotatable bonds is 5. The molecule has 1 aliphatic carbocycles. The normalized spacial score (nSPS) is 16.1. The van der Waals surface area contributed by atoms with Gasteiger partial charge in [0.15, 0.2) is 5.69 Å². The Balaban J connectivity index is 1.61. The van der Waals surface area contributed by atoms with E-state index in [0.29, 0.717) is 0 Å². The Morgan fingerprint density at radius 1 is 1.10 bits per heavy atom. The summed E-state index contributed by atoms with van der Waals surface area (Å²) in [6.07, 6.45) is 7.18. The van der Waals surface area contributed by atoms with E-state index in [2.05, 4.69) is 25.4 Å². The monoisotopic (exact) mass is 430 g/mol. The number of nitrogens with zero attached hydrogens (tertiary/aromatic N) is 5. The summed E-state index contributed by atoms with van der Waals surface area (Å²) in [7, 11) is 0. The minimum Gasteiger partial charge on any atom is -0.351 e. The van der Waals surface area contributed by atoms with Gasteiger partial charge in [-0.25, -0.2) is 14.6 Å². The number of carbonyl (C=O) groups excluding carboxylic acids is 1. The van der Waals surface area contributed by atoms with Gasteiger partial charge in [-0.1, -0.05) is 25.3 Å². The van der Waals surface area contributed by atoms with Crippen molar-refractivity contribution in [3.05, 3.63) is 66.0 Å². The average molecular weight is 430 g/mol. The molecule has 7 nitrogen and oxygen atoms in total. The van der Waals surface area contributed by atoms with Crippen LogP contribution in [0, 0.1) is 0 Å². The molecule has 0 radical (unpaired) electrons. The summed E-state index contributed by atoms with van der Waals surface area (Å²) in [6.45, 7) is 0.224. The summed E-state index contributed by atoms with van der Waals surface area (Å²) in [5.41, 5.74) is -1.19. The number of hydrogen-bond donors (Lipinski definition) is 1. The lowest BCUT2D eigenvalue weighted by molar-refractivity contribution is -0.141. The second-order valence-corrected chi connectivity index (χ2v) is 7.65. The first-order chi connectivity index (χ1) is 14.9. The van der Waals surface area contributed by atoms with Gasteiger partial charge in [0.1, 0.15) is 0 Å². The highest BCUT2D eigenvalue weighted by atomic mass is 19.4. The van der Waals surface area contributed by atoms with Crippen LogP contribution in [0.25, 0.3) is 5.95 Å². The molecule has 1 amide bonds. The van der Waals surface area contributed by atoms with Gasteiger partial charge in [-0.15, -0.1) is 0 Å². The smallest absolute Gasteiger partial charge is 0.351 e. The van der Waals surface area contributed by atoms with Crippen molar-refractivity contribution in [3.63, 3.8) is 0 Å². The Morgan fingerprint density at radius 2 is 1.84 bits per heavy atom. The van der Waals surface area contributed by atoms with Crippen LogP contribution in [0.15, 0.2) is 49.2 Å². The predicted octanol–water partition coefficient (Wildman–Crippen LogP) is 3.71. The van der Waals surface area contributed by atoms with E-state index in [-0.39, 0.29) is 17.9 Å². The maximum Gasteiger partial charge on any atom is 0.435 e. The quantitative estimate of drug-likeness (QED) is 0.667. The van der Waals surface area contributed by atoms with E-state index in [0.717, 1.165) is 48.5 Å². The maximum atomic E-state index is 13.6. The summed E-state index contributed by atoms with van der Waals surface area (Å²) in [6, 6.07) is 5.32. The highest BCUT2D eigenvalue weighted by molar-refractivity contribution is 5.95. The first kappa shape index (κ1) is 21.0. The second-order valence-electron chi connectivity index (χ2n) is 7.65. The van der Waals surface area contributed by atoms with E-state index in [4.69, 9.17) is 0 Å². The van der Waals surface area contributed by atoms with Crippen LogP contribution in [-0.4, -0.2) is 37.2 Å². The van der Waals surface area contributed by atoms with Crippen LogP contribution >= 0.6 is 0 Å². The molecule has 162 valence electrons. The zero-order chi connectivity index (χ0) is 21.9. The lowest BCUT2D eigenvalue weighted by Gasteiger charge is -2.37. The van der Waals surface area contributed by atoms with E-state index in [9.17, 15) is 18.0 Å². The maximum absolute atomic E-state index is 13.6. The van der Waals surface area contributed by atoms with Gasteiger partial charge in [0.25, 0.3) is 5.91 Å². The fourth-order valence-corrected chi connectivity index (χ4v) is 4.08. The van der Waals surface area contributed by atoms with Crippen LogP contribution in [0.3, 0.4) is 0 Å². The van der Waals surface area contributed by atoms with Crippen LogP contribution in [0.5, 0.6) is 0 Å². The van der Waals surface area contributed by atoms with Crippen molar-refractivity contribution in [2.45, 2.75) is 43.7 Å². The van der Waals surface area contributed by atoms with E-state index in [1.165, 1.54) is 18.5 Å². The fourth-order valence-electron chi connectivity index (χ4n) is 4.08. The van der Waals surface area contributed by atoms with E-state index in [1.807, 2.05) is 12.1 Å². The molecule has 0 aliphatic heterocycles. The third-order valence-corrected chi connectivity index (χ3v) is 5.66. The number of pyridine rings is 1. The molecular weight excluding hydrogens is 409 g/mol. The van der Waals surface area contributed by atoms with Crippen LogP contribution in [-0.2, 0) is 11.6 Å². The van der Waals surface area contributed by atoms with Gasteiger partial charge >= 0.3 is 6.18 Å². The summed E-state index contributed by atoms with van der Waals surface area (Å²) in [5.74, 6) is -0.880. The van der Waals surface area contributed by atoms with Crippen molar-refractivity contribution < 1.29 is 18.0 Å². The second kappa shape index (κ2) is 8.44. The molecule has 0 saturated heterocycles. The standard InChI is InChI=1S/C21H21F3N6O/c22-21(23,24)17-16(13-30(29-17)19-26-10-5-11-27-19)18(31)28-14-20(7-2-1-3-8-20)15-6-4-9-25-12-15/h4-6,9-13H,1-3,7-8,14H2,(H,28,31). The Morgan fingerprint density at radius 3 is 2.48 bits per heavy atom. The third-order valence-electron chi connectivity index (χ3n) is 5.66. The molecule has 0 aromatic carbocycles. The molecule has 0 unspecified atom stereocenters. The molecule has 3 heterocycles. The number of hydrogen-bond acceptors (Lipinski definition) is 5. The number of nitrogens with one attached hydrogen (secondary N) is 1. The van der Waals surface area contributed by atoms with Crippen LogP contribution in [0.2, 0.25) is 0 Å². The van der Waals surface area contributed by atoms with Crippen LogP contribution < -0.4 is 5.32 Å². The lowest BCUT2D eigenvalue weighted by Crippen LogP contribution is -2.42. The number of aromatic nitrogens is 5. The summed E-state index contributed by atoms with van der Waals surface area (Å²) in [4.78, 5) is 24.8. The fraction of sp³-hybridized carbons (Fsp3) is 0.381. The molecule has 0 atom stereocenters. The highest BCUT2D eigenvalue weighted by Crippen LogP contribution is 2.39. The van der Waals surface area contributed by atoms with Gasteiger partial charge in [-0.2, -0.15) is 18.3 Å². The number of alkyl halides is 3. The van der Waals surface area contributed by atoms with Gasteiger partial charge in [0.05, 0.1) is 5.56 Å². The molecule has 1 N–H and O–H groups in total. The van der Waals surface area contributed by atoms with Gasteiger partial charge in [-0.3, -0.25) is 9.78 Å². The summed E-state index contributed by atoms with van der Waals surface area (Å²) in [5, 5.41) is 6.26. The number of carbonyl (C=O) groups is 1. The SMILES string of the molecule is O=C(NCC1(c2cccnc2)CCCCC1)c1cn(-c2ncccn2)nc1C(F)(F)F. The van der Waals surface area contributed by atoms with Crippen molar-refractivity contribution in [2.24, 2.45) is 0 Å². The van der Waals surface area contributed by atoms with Crippen LogP contribution in [0.1, 0.15) is 53.7 Å². The molecule has 1 aliphatic rings. The van der Waals surface area contributed by atoms with Crippen molar-refractivity contribution in [2.75, 3.05) is 6.54 Å². The molecular formula is C21H21F3N6O. The van der Waals surface area contributed by atoms with Crippen molar-refractivity contribution in [1.29, 1.82) is 0 Å². The molecule has 1 fully saturated rings. The summed E-state index contributed by atoms with van der Waals surface area (Å²) >= 11 is 0. The van der Waals surface area contributed by atoms with Crippen molar-refractivity contribution in [3.8, 4) is 5.95 Å². The van der Waals surface area contributed by atoms with Crippen molar-refractivity contribution in [1.82, 2.24) is 30.0 Å². The molecule has 3 aromatic rings. The molecule has 0 spiro atoms.